The molecule has 0 aliphatic heterocycles. The molecule has 5 nitrogen and oxygen atoms in total. The monoisotopic (exact) mass is 600 g/mol. The van der Waals surface area contributed by atoms with Crippen molar-refractivity contribution in [3.63, 3.8) is 0 Å². The average molecular weight is 601 g/mol. The Kier molecular flexibility index (Phi) is 10.2. The Bertz CT molecular complexity index is 1730. The van der Waals surface area contributed by atoms with Gasteiger partial charge in [0.25, 0.3) is 5.91 Å². The van der Waals surface area contributed by atoms with E-state index >= 15 is 0 Å². The van der Waals surface area contributed by atoms with Crippen LogP contribution in [0.15, 0.2) is 103 Å². The van der Waals surface area contributed by atoms with Gasteiger partial charge in [0.05, 0.1) is 11.6 Å². The first-order chi connectivity index (χ1) is 21.7. The molecule has 4 aromatic carbocycles. The number of aryl methyl sites for hydroxylation is 1. The maximum absolute atomic E-state index is 14.0. The second kappa shape index (κ2) is 14.4. The van der Waals surface area contributed by atoms with E-state index in [4.69, 9.17) is 5.11 Å². The Morgan fingerprint density at radius 2 is 1.38 bits per heavy atom. The molecule has 0 amide bonds. The summed E-state index contributed by atoms with van der Waals surface area (Å²) in [5.41, 5.74) is 8.27. The van der Waals surface area contributed by atoms with Gasteiger partial charge in [0.1, 0.15) is 0 Å². The quantitative estimate of drug-likeness (QED) is 0.141. The summed E-state index contributed by atoms with van der Waals surface area (Å²) in [6.45, 7) is 8.97. The van der Waals surface area contributed by atoms with Crippen LogP contribution >= 0.6 is 0 Å². The maximum Gasteiger partial charge on any atom is 0.303 e. The van der Waals surface area contributed by atoms with Crippen molar-refractivity contribution >= 4 is 28.5 Å². The Balaban J connectivity index is 1.48. The predicted molar refractivity (Wildman–Crippen MR) is 184 cm³/mol. The third-order valence-corrected chi connectivity index (χ3v) is 8.13. The molecular weight excluding hydrogens is 556 g/mol. The highest BCUT2D eigenvalue weighted by Gasteiger charge is 2.19. The largest absolute Gasteiger partial charge is 0.481 e. The minimum absolute atomic E-state index is 0.0946. The average Bonchev–Trinajstić information content (AvgIpc) is 3.37. The Morgan fingerprint density at radius 1 is 0.756 bits per heavy atom. The van der Waals surface area contributed by atoms with Gasteiger partial charge < -0.3 is 10.4 Å². The van der Waals surface area contributed by atoms with Gasteiger partial charge in [-0.25, -0.2) is 0 Å². The lowest BCUT2D eigenvalue weighted by Gasteiger charge is -2.23. The Labute approximate surface area is 266 Å². The van der Waals surface area contributed by atoms with Crippen molar-refractivity contribution in [2.24, 2.45) is 11.8 Å². The van der Waals surface area contributed by atoms with E-state index in [1.54, 1.807) is 4.57 Å². The second-order valence-electron chi connectivity index (χ2n) is 12.9. The van der Waals surface area contributed by atoms with E-state index in [0.717, 1.165) is 35.0 Å². The van der Waals surface area contributed by atoms with Gasteiger partial charge in [0, 0.05) is 29.3 Å². The molecule has 0 fully saturated rings. The van der Waals surface area contributed by atoms with Gasteiger partial charge in [-0.3, -0.25) is 14.2 Å². The van der Waals surface area contributed by atoms with E-state index in [1.807, 2.05) is 54.7 Å². The van der Waals surface area contributed by atoms with Crippen LogP contribution in [0.2, 0.25) is 0 Å². The fourth-order valence-corrected chi connectivity index (χ4v) is 6.20. The number of carbonyl (C=O) groups excluding carboxylic acids is 1. The van der Waals surface area contributed by atoms with Crippen LogP contribution in [0.25, 0.3) is 10.9 Å². The molecule has 0 saturated carbocycles. The number of nitrogens with zero attached hydrogens (tertiary/aromatic N) is 1. The zero-order valence-corrected chi connectivity index (χ0v) is 26.8. The van der Waals surface area contributed by atoms with Crippen molar-refractivity contribution in [3.8, 4) is 0 Å². The fourth-order valence-electron chi connectivity index (χ4n) is 6.20. The zero-order valence-electron chi connectivity index (χ0n) is 26.8. The lowest BCUT2D eigenvalue weighted by molar-refractivity contribution is -0.137. The molecule has 5 heteroatoms. The molecule has 0 radical (unpaired) electrons. The van der Waals surface area contributed by atoms with Crippen LogP contribution in [0.1, 0.15) is 84.8 Å². The molecule has 0 saturated heterocycles. The summed E-state index contributed by atoms with van der Waals surface area (Å²) < 4.78 is 1.70. The van der Waals surface area contributed by atoms with Gasteiger partial charge in [-0.15, -0.1) is 0 Å². The summed E-state index contributed by atoms with van der Waals surface area (Å²) in [5.74, 6) is 0.196. The van der Waals surface area contributed by atoms with Crippen LogP contribution in [0, 0.1) is 11.8 Å². The van der Waals surface area contributed by atoms with Crippen molar-refractivity contribution < 1.29 is 14.7 Å². The highest BCUT2D eigenvalue weighted by Crippen LogP contribution is 2.30. The minimum Gasteiger partial charge on any atom is -0.481 e. The number of nitrogens with one attached hydrogen (secondary N) is 1. The molecule has 0 aliphatic carbocycles. The van der Waals surface area contributed by atoms with Gasteiger partial charge in [-0.1, -0.05) is 100 Å². The highest BCUT2D eigenvalue weighted by molar-refractivity contribution is 6.03. The number of hydrogen-bond acceptors (Lipinski definition) is 3. The SMILES string of the molecule is CC(C)Cc1cccc(C(Nc2cccc(C(=O)n3cc(CCCC(=O)O)c4ccccc43)c2)c2cccc(CC(C)C)c2)c1. The van der Waals surface area contributed by atoms with E-state index in [9.17, 15) is 9.59 Å². The van der Waals surface area contributed by atoms with Gasteiger partial charge in [0.15, 0.2) is 0 Å². The molecule has 1 aromatic heterocycles. The van der Waals surface area contributed by atoms with E-state index in [2.05, 4.69) is 81.5 Å². The highest BCUT2D eigenvalue weighted by atomic mass is 16.4. The molecule has 5 aromatic rings. The van der Waals surface area contributed by atoms with Crippen LogP contribution in [-0.2, 0) is 24.1 Å². The molecule has 5 rings (SSSR count). The predicted octanol–water partition coefficient (Wildman–Crippen LogP) is 9.34. The topological polar surface area (TPSA) is 71.3 Å². The first-order valence-electron chi connectivity index (χ1n) is 16.1. The lowest BCUT2D eigenvalue weighted by Crippen LogP contribution is -2.15. The normalized spacial score (nSPS) is 11.5. The van der Waals surface area contributed by atoms with Crippen molar-refractivity contribution in [3.05, 3.63) is 137 Å². The number of anilines is 1. The molecule has 45 heavy (non-hydrogen) atoms. The summed E-state index contributed by atoms with van der Waals surface area (Å²) in [5, 5.41) is 13.9. The number of rotatable bonds is 13. The molecule has 0 aliphatic rings. The molecular formula is C40H44N2O3. The summed E-state index contributed by atoms with van der Waals surface area (Å²) in [7, 11) is 0. The third-order valence-electron chi connectivity index (χ3n) is 8.13. The van der Waals surface area contributed by atoms with Crippen LogP contribution in [0.5, 0.6) is 0 Å². The number of carboxylic acid groups (broad SMARTS) is 1. The summed E-state index contributed by atoms with van der Waals surface area (Å²) in [6.07, 6.45) is 5.13. The molecule has 1 heterocycles. The number of aromatic nitrogens is 1. The first kappa shape index (κ1) is 31.8. The first-order valence-corrected chi connectivity index (χ1v) is 16.1. The van der Waals surface area contributed by atoms with Gasteiger partial charge >= 0.3 is 5.97 Å². The summed E-state index contributed by atoms with van der Waals surface area (Å²) >= 11 is 0. The maximum atomic E-state index is 14.0. The van der Waals surface area contributed by atoms with E-state index in [1.165, 1.54) is 22.3 Å². The molecule has 0 spiro atoms. The van der Waals surface area contributed by atoms with Gasteiger partial charge in [-0.05, 0) is 89.6 Å². The number of benzene rings is 4. The van der Waals surface area contributed by atoms with Gasteiger partial charge in [0.2, 0.25) is 0 Å². The third kappa shape index (κ3) is 8.10. The van der Waals surface area contributed by atoms with Crippen molar-refractivity contribution in [1.29, 1.82) is 0 Å². The Morgan fingerprint density at radius 3 is 2.00 bits per heavy atom. The van der Waals surface area contributed by atoms with Crippen molar-refractivity contribution in [2.45, 2.75) is 65.8 Å². The number of carboxylic acids is 1. The number of hydrogen-bond donors (Lipinski definition) is 2. The number of aliphatic carboxylic acids is 1. The van der Waals surface area contributed by atoms with Crippen LogP contribution in [0.4, 0.5) is 5.69 Å². The Hall–Kier alpha value is -4.64. The number of para-hydroxylation sites is 1. The number of fused-ring (bicyclic) bond motifs is 1. The lowest BCUT2D eigenvalue weighted by atomic mass is 9.92. The zero-order chi connectivity index (χ0) is 31.9. The van der Waals surface area contributed by atoms with E-state index in [-0.39, 0.29) is 18.4 Å². The molecule has 0 bridgehead atoms. The fraction of sp³-hybridized carbons (Fsp3) is 0.300. The molecule has 0 unspecified atom stereocenters. The van der Waals surface area contributed by atoms with E-state index < -0.39 is 5.97 Å². The minimum atomic E-state index is -0.810. The van der Waals surface area contributed by atoms with Gasteiger partial charge in [-0.2, -0.15) is 0 Å². The summed E-state index contributed by atoms with van der Waals surface area (Å²) in [4.78, 5) is 25.1. The number of carbonyl (C=O) groups is 2. The molecule has 2 N–H and O–H groups in total. The molecule has 0 atom stereocenters. The van der Waals surface area contributed by atoms with Crippen LogP contribution in [-0.4, -0.2) is 21.6 Å². The van der Waals surface area contributed by atoms with Crippen LogP contribution in [0.3, 0.4) is 0 Å². The molecule has 232 valence electrons. The summed E-state index contributed by atoms with van der Waals surface area (Å²) in [6, 6.07) is 33.1. The smallest absolute Gasteiger partial charge is 0.303 e. The standard InChI is InChI=1S/C40H44N2O3/c1-27(2)21-29-11-7-13-31(23-29)39(32-14-8-12-30(24-32)22-28(3)4)41-35-17-9-15-33(25-35)40(45)42-26-34(16-10-20-38(43)44)36-18-5-6-19-37(36)42/h5-9,11-15,17-19,23-28,39,41H,10,16,20-22H2,1-4H3,(H,43,44). The van der Waals surface area contributed by atoms with Crippen LogP contribution < -0.4 is 5.32 Å². The van der Waals surface area contributed by atoms with E-state index in [0.29, 0.717) is 30.2 Å². The van der Waals surface area contributed by atoms with Crippen molar-refractivity contribution in [1.82, 2.24) is 4.57 Å². The van der Waals surface area contributed by atoms with Crippen molar-refractivity contribution in [2.75, 3.05) is 5.32 Å². The second-order valence-corrected chi connectivity index (χ2v) is 12.9.